The van der Waals surface area contributed by atoms with Gasteiger partial charge in [0.1, 0.15) is 11.9 Å². The van der Waals surface area contributed by atoms with Crippen molar-refractivity contribution in [2.24, 2.45) is 0 Å². The molecule has 1 aliphatic carbocycles. The van der Waals surface area contributed by atoms with Gasteiger partial charge in [-0.2, -0.15) is 0 Å². The molecule has 0 radical (unpaired) electrons. The minimum atomic E-state index is 0.263. The highest BCUT2D eigenvalue weighted by Crippen LogP contribution is 2.30. The Hall–Kier alpha value is -1.22. The Morgan fingerprint density at radius 1 is 1.44 bits per heavy atom. The monoisotopic (exact) mass is 246 g/mol. The van der Waals surface area contributed by atoms with Gasteiger partial charge >= 0.3 is 0 Å². The molecule has 0 spiro atoms. The Morgan fingerprint density at radius 3 is 3.06 bits per heavy atom. The first-order valence-electron chi connectivity index (χ1n) is 7.00. The molecule has 2 unspecified atom stereocenters. The van der Waals surface area contributed by atoms with Gasteiger partial charge in [0.05, 0.1) is 12.2 Å². The summed E-state index contributed by atoms with van der Waals surface area (Å²) in [6.45, 7) is 5.25. The number of hydrogen-bond donors (Lipinski definition) is 2. The molecule has 18 heavy (non-hydrogen) atoms. The van der Waals surface area contributed by atoms with Gasteiger partial charge in [-0.1, -0.05) is 6.07 Å². The van der Waals surface area contributed by atoms with Gasteiger partial charge in [0, 0.05) is 12.1 Å². The fourth-order valence-electron chi connectivity index (χ4n) is 2.52. The second-order valence-corrected chi connectivity index (χ2v) is 5.69. The van der Waals surface area contributed by atoms with Crippen molar-refractivity contribution in [3.63, 3.8) is 0 Å². The molecule has 1 aromatic carbocycles. The molecule has 1 fully saturated rings. The first kappa shape index (κ1) is 11.8. The summed E-state index contributed by atoms with van der Waals surface area (Å²) < 4.78 is 5.79. The van der Waals surface area contributed by atoms with Crippen molar-refractivity contribution in [1.29, 1.82) is 0 Å². The molecular formula is C15H22N2O. The highest BCUT2D eigenvalue weighted by atomic mass is 16.5. The second kappa shape index (κ2) is 4.81. The summed E-state index contributed by atoms with van der Waals surface area (Å²) in [6, 6.07) is 7.84. The molecule has 0 amide bonds. The van der Waals surface area contributed by atoms with Crippen LogP contribution in [0.3, 0.4) is 0 Å². The van der Waals surface area contributed by atoms with Gasteiger partial charge < -0.3 is 15.4 Å². The topological polar surface area (TPSA) is 33.3 Å². The molecule has 0 saturated heterocycles. The van der Waals surface area contributed by atoms with Crippen LogP contribution in [0.15, 0.2) is 18.2 Å². The average Bonchev–Trinajstić information content (AvgIpc) is 3.13. The molecule has 2 atom stereocenters. The average molecular weight is 246 g/mol. The van der Waals surface area contributed by atoms with E-state index in [1.54, 1.807) is 0 Å². The Balaban J connectivity index is 1.65. The van der Waals surface area contributed by atoms with Gasteiger partial charge in [0.15, 0.2) is 0 Å². The first-order chi connectivity index (χ1) is 8.70. The van der Waals surface area contributed by atoms with Crippen molar-refractivity contribution >= 4 is 5.69 Å². The van der Waals surface area contributed by atoms with Crippen LogP contribution >= 0.6 is 0 Å². The van der Waals surface area contributed by atoms with Crippen molar-refractivity contribution in [1.82, 2.24) is 5.32 Å². The Labute approximate surface area is 109 Å². The van der Waals surface area contributed by atoms with E-state index in [4.69, 9.17) is 4.74 Å². The molecule has 98 valence electrons. The zero-order chi connectivity index (χ0) is 12.5. The third-order valence-electron chi connectivity index (χ3n) is 3.59. The minimum absolute atomic E-state index is 0.263. The highest BCUT2D eigenvalue weighted by molar-refractivity contribution is 5.59. The zero-order valence-corrected chi connectivity index (χ0v) is 11.2. The number of rotatable bonds is 4. The largest absolute Gasteiger partial charge is 0.487 e. The van der Waals surface area contributed by atoms with E-state index in [1.807, 2.05) is 0 Å². The SMILES string of the molecule is CC(Cc1ccc2c(c1)NCC(C)O2)NC1CC1. The second-order valence-electron chi connectivity index (χ2n) is 5.69. The summed E-state index contributed by atoms with van der Waals surface area (Å²) in [5, 5.41) is 7.07. The van der Waals surface area contributed by atoms with Crippen molar-refractivity contribution < 1.29 is 4.74 Å². The van der Waals surface area contributed by atoms with Gasteiger partial charge in [-0.3, -0.25) is 0 Å². The van der Waals surface area contributed by atoms with E-state index in [1.165, 1.54) is 18.4 Å². The van der Waals surface area contributed by atoms with Crippen LogP contribution in [-0.4, -0.2) is 24.7 Å². The van der Waals surface area contributed by atoms with Crippen molar-refractivity contribution in [2.75, 3.05) is 11.9 Å². The fraction of sp³-hybridized carbons (Fsp3) is 0.600. The standard InChI is InChI=1S/C15H22N2O/c1-10(17-13-4-5-13)7-12-3-6-15-14(8-12)16-9-11(2)18-15/h3,6,8,10-11,13,16-17H,4-5,7,9H2,1-2H3. The van der Waals surface area contributed by atoms with Crippen LogP contribution in [0.4, 0.5) is 5.69 Å². The maximum absolute atomic E-state index is 5.79. The van der Waals surface area contributed by atoms with E-state index in [2.05, 4.69) is 42.7 Å². The van der Waals surface area contributed by atoms with Gasteiger partial charge in [-0.05, 0) is 50.8 Å². The van der Waals surface area contributed by atoms with E-state index < -0.39 is 0 Å². The van der Waals surface area contributed by atoms with E-state index >= 15 is 0 Å². The predicted molar refractivity (Wildman–Crippen MR) is 74.3 cm³/mol. The van der Waals surface area contributed by atoms with Crippen LogP contribution in [0.5, 0.6) is 5.75 Å². The van der Waals surface area contributed by atoms with Gasteiger partial charge in [0.25, 0.3) is 0 Å². The van der Waals surface area contributed by atoms with Crippen molar-refractivity contribution in [3.8, 4) is 5.75 Å². The maximum Gasteiger partial charge on any atom is 0.142 e. The van der Waals surface area contributed by atoms with E-state index in [9.17, 15) is 0 Å². The van der Waals surface area contributed by atoms with Gasteiger partial charge in [0.2, 0.25) is 0 Å². The predicted octanol–water partition coefficient (Wildman–Crippen LogP) is 2.56. The molecule has 2 aliphatic rings. The number of hydrogen-bond acceptors (Lipinski definition) is 3. The van der Waals surface area contributed by atoms with Gasteiger partial charge in [-0.25, -0.2) is 0 Å². The summed E-state index contributed by atoms with van der Waals surface area (Å²) >= 11 is 0. The van der Waals surface area contributed by atoms with E-state index in [0.29, 0.717) is 6.04 Å². The molecule has 0 bridgehead atoms. The molecule has 1 aliphatic heterocycles. The highest BCUT2D eigenvalue weighted by Gasteiger charge is 2.23. The summed E-state index contributed by atoms with van der Waals surface area (Å²) in [6.07, 6.45) is 4.05. The van der Waals surface area contributed by atoms with Crippen LogP contribution < -0.4 is 15.4 Å². The number of fused-ring (bicyclic) bond motifs is 1. The zero-order valence-electron chi connectivity index (χ0n) is 11.2. The maximum atomic E-state index is 5.79. The third-order valence-corrected chi connectivity index (χ3v) is 3.59. The van der Waals surface area contributed by atoms with Crippen LogP contribution in [0.1, 0.15) is 32.3 Å². The molecule has 1 aromatic rings. The van der Waals surface area contributed by atoms with Crippen LogP contribution in [0.2, 0.25) is 0 Å². The Morgan fingerprint density at radius 2 is 2.28 bits per heavy atom. The van der Waals surface area contributed by atoms with E-state index in [0.717, 1.165) is 30.4 Å². The smallest absolute Gasteiger partial charge is 0.142 e. The summed E-state index contributed by atoms with van der Waals surface area (Å²) in [7, 11) is 0. The van der Waals surface area contributed by atoms with Crippen molar-refractivity contribution in [2.45, 2.75) is 51.3 Å². The molecule has 3 nitrogen and oxygen atoms in total. The lowest BCUT2D eigenvalue weighted by Crippen LogP contribution is -2.30. The Bertz CT molecular complexity index is 429. The number of benzene rings is 1. The summed E-state index contributed by atoms with van der Waals surface area (Å²) in [5.74, 6) is 0.986. The number of nitrogens with one attached hydrogen (secondary N) is 2. The van der Waals surface area contributed by atoms with Crippen LogP contribution in [-0.2, 0) is 6.42 Å². The first-order valence-corrected chi connectivity index (χ1v) is 7.00. The molecule has 3 heteroatoms. The fourth-order valence-corrected chi connectivity index (χ4v) is 2.52. The molecular weight excluding hydrogens is 224 g/mol. The summed E-state index contributed by atoms with van der Waals surface area (Å²) in [5.41, 5.74) is 2.52. The third kappa shape index (κ3) is 2.78. The van der Waals surface area contributed by atoms with Crippen LogP contribution in [0, 0.1) is 0 Å². The number of anilines is 1. The minimum Gasteiger partial charge on any atom is -0.487 e. The normalized spacial score (nSPS) is 23.8. The van der Waals surface area contributed by atoms with Crippen molar-refractivity contribution in [3.05, 3.63) is 23.8 Å². The lowest BCUT2D eigenvalue weighted by molar-refractivity contribution is 0.226. The molecule has 0 aromatic heterocycles. The van der Waals surface area contributed by atoms with Gasteiger partial charge in [-0.15, -0.1) is 0 Å². The van der Waals surface area contributed by atoms with Crippen LogP contribution in [0.25, 0.3) is 0 Å². The lowest BCUT2D eigenvalue weighted by Gasteiger charge is -2.25. The van der Waals surface area contributed by atoms with E-state index in [-0.39, 0.29) is 6.10 Å². The molecule has 1 saturated carbocycles. The summed E-state index contributed by atoms with van der Waals surface area (Å²) in [4.78, 5) is 0. The quantitative estimate of drug-likeness (QED) is 0.856. The molecule has 1 heterocycles. The Kier molecular flexibility index (Phi) is 3.16. The molecule has 2 N–H and O–H groups in total. The molecule has 3 rings (SSSR count). The number of ether oxygens (including phenoxy) is 1. The lowest BCUT2D eigenvalue weighted by atomic mass is 10.1.